The minimum Gasteiger partial charge on any atom is -0.468 e. The van der Waals surface area contributed by atoms with Crippen LogP contribution in [0.3, 0.4) is 0 Å². The fourth-order valence-electron chi connectivity index (χ4n) is 1.37. The molecule has 0 aliphatic heterocycles. The van der Waals surface area contributed by atoms with Crippen molar-refractivity contribution in [3.8, 4) is 0 Å². The third kappa shape index (κ3) is 3.22. The van der Waals surface area contributed by atoms with Gasteiger partial charge in [0.25, 0.3) is 5.69 Å². The molecule has 1 aromatic rings. The molecule has 0 aliphatic rings. The summed E-state index contributed by atoms with van der Waals surface area (Å²) in [7, 11) is 1.25. The largest absolute Gasteiger partial charge is 0.468 e. The van der Waals surface area contributed by atoms with Crippen LogP contribution in [-0.2, 0) is 16.0 Å². The van der Waals surface area contributed by atoms with Crippen LogP contribution in [0.2, 0.25) is 0 Å². The SMILES string of the molecule is COC(=O)[C@H](N)Cc1ccc([N+](=O)[O-])c(C)n1. The van der Waals surface area contributed by atoms with Crippen LogP contribution < -0.4 is 5.73 Å². The second-order valence-corrected chi connectivity index (χ2v) is 3.50. The van der Waals surface area contributed by atoms with E-state index in [0.29, 0.717) is 11.4 Å². The van der Waals surface area contributed by atoms with Crippen LogP contribution in [0.15, 0.2) is 12.1 Å². The Balaban J connectivity index is 2.84. The summed E-state index contributed by atoms with van der Waals surface area (Å²) < 4.78 is 4.48. The number of nitro groups is 1. The standard InChI is InChI=1S/C10H13N3O4/c1-6-9(13(15)16)4-3-7(12-6)5-8(11)10(14)17-2/h3-4,8H,5,11H2,1-2H3/t8-/m1/s1. The van der Waals surface area contributed by atoms with Gasteiger partial charge < -0.3 is 10.5 Å². The maximum atomic E-state index is 11.1. The third-order valence-electron chi connectivity index (χ3n) is 2.25. The maximum Gasteiger partial charge on any atom is 0.323 e. The number of esters is 1. The zero-order chi connectivity index (χ0) is 13.0. The smallest absolute Gasteiger partial charge is 0.323 e. The van der Waals surface area contributed by atoms with E-state index in [0.717, 1.165) is 0 Å². The minimum absolute atomic E-state index is 0.0552. The molecule has 1 aromatic heterocycles. The Bertz CT molecular complexity index is 447. The summed E-state index contributed by atoms with van der Waals surface area (Å²) in [6, 6.07) is 2.02. The molecule has 1 rings (SSSR count). The molecule has 0 bridgehead atoms. The van der Waals surface area contributed by atoms with Gasteiger partial charge >= 0.3 is 5.97 Å². The highest BCUT2D eigenvalue weighted by Gasteiger charge is 2.17. The predicted molar refractivity (Wildman–Crippen MR) is 59.3 cm³/mol. The van der Waals surface area contributed by atoms with Crippen molar-refractivity contribution < 1.29 is 14.5 Å². The minimum atomic E-state index is -0.812. The van der Waals surface area contributed by atoms with Crippen molar-refractivity contribution in [1.82, 2.24) is 4.98 Å². The van der Waals surface area contributed by atoms with Gasteiger partial charge in [-0.2, -0.15) is 0 Å². The second-order valence-electron chi connectivity index (χ2n) is 3.50. The van der Waals surface area contributed by atoms with E-state index < -0.39 is 16.9 Å². The van der Waals surface area contributed by atoms with Gasteiger partial charge in [0.05, 0.1) is 12.0 Å². The Hall–Kier alpha value is -2.02. The molecular formula is C10H13N3O4. The van der Waals surface area contributed by atoms with Crippen LogP contribution in [0.25, 0.3) is 0 Å². The van der Waals surface area contributed by atoms with Crippen molar-refractivity contribution >= 4 is 11.7 Å². The molecule has 0 amide bonds. The number of carbonyl (C=O) groups excluding carboxylic acids is 1. The molecule has 7 heteroatoms. The van der Waals surface area contributed by atoms with E-state index in [2.05, 4.69) is 9.72 Å². The lowest BCUT2D eigenvalue weighted by Gasteiger charge is -2.08. The first-order valence-corrected chi connectivity index (χ1v) is 4.90. The summed E-state index contributed by atoms with van der Waals surface area (Å²) >= 11 is 0. The van der Waals surface area contributed by atoms with Crippen LogP contribution in [0.1, 0.15) is 11.4 Å². The Kier molecular flexibility index (Phi) is 4.11. The first-order chi connectivity index (χ1) is 7.95. The Morgan fingerprint density at radius 3 is 2.76 bits per heavy atom. The molecule has 2 N–H and O–H groups in total. The molecule has 0 saturated carbocycles. The number of hydrogen-bond acceptors (Lipinski definition) is 6. The number of nitrogens with zero attached hydrogens (tertiary/aromatic N) is 2. The van der Waals surface area contributed by atoms with Gasteiger partial charge in [0.1, 0.15) is 11.7 Å². The molecule has 0 spiro atoms. The van der Waals surface area contributed by atoms with Crippen molar-refractivity contribution in [1.29, 1.82) is 0 Å². The van der Waals surface area contributed by atoms with Gasteiger partial charge in [0.15, 0.2) is 0 Å². The second kappa shape index (κ2) is 5.35. The molecule has 0 saturated heterocycles. The van der Waals surface area contributed by atoms with Crippen LogP contribution in [0, 0.1) is 17.0 Å². The van der Waals surface area contributed by atoms with Crippen LogP contribution >= 0.6 is 0 Å². The number of pyridine rings is 1. The number of aromatic nitrogens is 1. The average Bonchev–Trinajstić information content (AvgIpc) is 2.27. The third-order valence-corrected chi connectivity index (χ3v) is 2.25. The van der Waals surface area contributed by atoms with Crippen molar-refractivity contribution in [2.45, 2.75) is 19.4 Å². The molecule has 1 atom stereocenters. The first kappa shape index (κ1) is 13.0. The summed E-state index contributed by atoms with van der Waals surface area (Å²) in [5, 5.41) is 10.6. The lowest BCUT2D eigenvalue weighted by atomic mass is 10.1. The summed E-state index contributed by atoms with van der Waals surface area (Å²) in [6.45, 7) is 1.53. The van der Waals surface area contributed by atoms with E-state index in [1.807, 2.05) is 0 Å². The summed E-state index contributed by atoms with van der Waals surface area (Å²) in [4.78, 5) is 25.2. The highest BCUT2D eigenvalue weighted by atomic mass is 16.6. The average molecular weight is 239 g/mol. The van der Waals surface area contributed by atoms with Crippen LogP contribution in [0.4, 0.5) is 5.69 Å². The molecule has 0 unspecified atom stereocenters. The van der Waals surface area contributed by atoms with Crippen molar-refractivity contribution in [3.63, 3.8) is 0 Å². The molecule has 0 aromatic carbocycles. The molecule has 92 valence electrons. The van der Waals surface area contributed by atoms with Gasteiger partial charge in [-0.05, 0) is 13.0 Å². The number of hydrogen-bond donors (Lipinski definition) is 1. The van der Waals surface area contributed by atoms with E-state index in [-0.39, 0.29) is 12.1 Å². The van der Waals surface area contributed by atoms with Crippen molar-refractivity contribution in [2.75, 3.05) is 7.11 Å². The number of carbonyl (C=O) groups is 1. The lowest BCUT2D eigenvalue weighted by molar-refractivity contribution is -0.385. The normalized spacial score (nSPS) is 11.9. The Morgan fingerprint density at radius 2 is 2.29 bits per heavy atom. The summed E-state index contributed by atoms with van der Waals surface area (Å²) in [5.41, 5.74) is 6.32. The first-order valence-electron chi connectivity index (χ1n) is 4.90. The van der Waals surface area contributed by atoms with Gasteiger partial charge in [-0.1, -0.05) is 0 Å². The summed E-state index contributed by atoms with van der Waals surface area (Å²) in [5.74, 6) is -0.539. The molecule has 0 aliphatic carbocycles. The van der Waals surface area contributed by atoms with Crippen molar-refractivity contribution in [2.24, 2.45) is 5.73 Å². The Labute approximate surface area is 97.7 Å². The molecule has 7 nitrogen and oxygen atoms in total. The van der Waals surface area contributed by atoms with E-state index in [4.69, 9.17) is 5.73 Å². The number of methoxy groups -OCH3 is 1. The lowest BCUT2D eigenvalue weighted by Crippen LogP contribution is -2.33. The molecule has 0 fully saturated rings. The molecule has 1 heterocycles. The fourth-order valence-corrected chi connectivity index (χ4v) is 1.37. The molecule has 17 heavy (non-hydrogen) atoms. The summed E-state index contributed by atoms with van der Waals surface area (Å²) in [6.07, 6.45) is 0.186. The van der Waals surface area contributed by atoms with Gasteiger partial charge in [0.2, 0.25) is 0 Å². The molecule has 0 radical (unpaired) electrons. The van der Waals surface area contributed by atoms with Crippen LogP contribution in [0.5, 0.6) is 0 Å². The van der Waals surface area contributed by atoms with E-state index in [1.165, 1.54) is 26.2 Å². The number of nitrogens with two attached hydrogens (primary N) is 1. The Morgan fingerprint density at radius 1 is 1.65 bits per heavy atom. The van der Waals surface area contributed by atoms with Gasteiger partial charge in [0, 0.05) is 18.2 Å². The van der Waals surface area contributed by atoms with E-state index >= 15 is 0 Å². The maximum absolute atomic E-state index is 11.1. The van der Waals surface area contributed by atoms with E-state index in [1.54, 1.807) is 0 Å². The number of ether oxygens (including phenoxy) is 1. The van der Waals surface area contributed by atoms with Crippen molar-refractivity contribution in [3.05, 3.63) is 33.6 Å². The highest BCUT2D eigenvalue weighted by molar-refractivity contribution is 5.75. The van der Waals surface area contributed by atoms with Crippen LogP contribution in [-0.4, -0.2) is 29.0 Å². The zero-order valence-electron chi connectivity index (χ0n) is 9.54. The zero-order valence-corrected chi connectivity index (χ0v) is 9.54. The number of aryl methyl sites for hydroxylation is 1. The van der Waals surface area contributed by atoms with Gasteiger partial charge in [-0.15, -0.1) is 0 Å². The van der Waals surface area contributed by atoms with Gasteiger partial charge in [-0.25, -0.2) is 0 Å². The number of rotatable bonds is 4. The fraction of sp³-hybridized carbons (Fsp3) is 0.400. The van der Waals surface area contributed by atoms with E-state index in [9.17, 15) is 14.9 Å². The van der Waals surface area contributed by atoms with Gasteiger partial charge in [-0.3, -0.25) is 19.9 Å². The highest BCUT2D eigenvalue weighted by Crippen LogP contribution is 2.16. The molecular weight excluding hydrogens is 226 g/mol. The predicted octanol–water partition coefficient (Wildman–Crippen LogP) is 0.341. The quantitative estimate of drug-likeness (QED) is 0.461. The monoisotopic (exact) mass is 239 g/mol. The topological polar surface area (TPSA) is 108 Å².